The van der Waals surface area contributed by atoms with Gasteiger partial charge in [-0.15, -0.1) is 0 Å². The Morgan fingerprint density at radius 3 is 3.07 bits per heavy atom. The Morgan fingerprint density at radius 1 is 1.50 bits per heavy atom. The van der Waals surface area contributed by atoms with Gasteiger partial charge in [-0.1, -0.05) is 11.6 Å². The van der Waals surface area contributed by atoms with Crippen molar-refractivity contribution < 1.29 is 14.3 Å². The Hall–Kier alpha value is -1.67. The molecule has 0 aromatic carbocycles. The topological polar surface area (TPSA) is 68.6 Å². The van der Waals surface area contributed by atoms with Gasteiger partial charge in [-0.25, -0.2) is 4.98 Å². The van der Waals surface area contributed by atoms with Gasteiger partial charge in [-0.3, -0.25) is 4.79 Å². The Labute approximate surface area is 169 Å². The first-order valence-electron chi connectivity index (χ1n) is 9.93. The summed E-state index contributed by atoms with van der Waals surface area (Å²) in [6, 6.07) is 2.10. The molecule has 0 spiro atoms. The molecule has 1 atom stereocenters. The number of rotatable bonds is 8. The van der Waals surface area contributed by atoms with Gasteiger partial charge in [-0.2, -0.15) is 0 Å². The van der Waals surface area contributed by atoms with Crippen molar-refractivity contribution in [2.45, 2.75) is 44.5 Å². The fourth-order valence-electron chi connectivity index (χ4n) is 3.79. The smallest absolute Gasteiger partial charge is 0.253 e. The number of pyridine rings is 1. The van der Waals surface area contributed by atoms with Gasteiger partial charge >= 0.3 is 0 Å². The summed E-state index contributed by atoms with van der Waals surface area (Å²) in [5.41, 5.74) is 1.90. The lowest BCUT2D eigenvalue weighted by molar-refractivity contribution is -0.146. The molecule has 152 valence electrons. The minimum atomic E-state index is -0.405. The van der Waals surface area contributed by atoms with E-state index in [-0.39, 0.29) is 5.91 Å². The van der Waals surface area contributed by atoms with Crippen molar-refractivity contribution in [2.75, 3.05) is 33.4 Å². The van der Waals surface area contributed by atoms with E-state index < -0.39 is 6.10 Å². The van der Waals surface area contributed by atoms with Crippen molar-refractivity contribution in [3.8, 4) is 0 Å². The van der Waals surface area contributed by atoms with Crippen LogP contribution >= 0.6 is 11.6 Å². The standard InChI is InChI=1S/C20H27ClN4O3/c1-27-9-2-8-24-12-14(18-16(21)5-6-23-19(18)24)13-25(15-3-4-15)20(26)17-11-22-7-10-28-17/h5-6,12,15,17,22H,2-4,7-11,13H2,1H3. The van der Waals surface area contributed by atoms with Crippen molar-refractivity contribution in [1.29, 1.82) is 0 Å². The number of fused-ring (bicyclic) bond motifs is 1. The molecule has 1 amide bonds. The molecule has 1 N–H and O–H groups in total. The van der Waals surface area contributed by atoms with Crippen LogP contribution in [-0.2, 0) is 27.4 Å². The third-order valence-corrected chi connectivity index (χ3v) is 5.66. The first kappa shape index (κ1) is 19.6. The Bertz CT molecular complexity index is 830. The van der Waals surface area contributed by atoms with Crippen LogP contribution < -0.4 is 5.32 Å². The Morgan fingerprint density at radius 2 is 2.36 bits per heavy atom. The summed E-state index contributed by atoms with van der Waals surface area (Å²) < 4.78 is 13.0. The van der Waals surface area contributed by atoms with E-state index in [1.807, 2.05) is 11.0 Å². The number of morpholine rings is 1. The molecule has 2 aromatic rings. The van der Waals surface area contributed by atoms with Crippen molar-refractivity contribution in [3.05, 3.63) is 29.0 Å². The monoisotopic (exact) mass is 406 g/mol. The number of carbonyl (C=O) groups excluding carboxylic acids is 1. The van der Waals surface area contributed by atoms with Crippen LogP contribution in [0.25, 0.3) is 11.0 Å². The Kier molecular flexibility index (Phi) is 6.16. The largest absolute Gasteiger partial charge is 0.385 e. The summed E-state index contributed by atoms with van der Waals surface area (Å²) in [4.78, 5) is 19.6. The summed E-state index contributed by atoms with van der Waals surface area (Å²) in [7, 11) is 1.70. The lowest BCUT2D eigenvalue weighted by Crippen LogP contribution is -2.49. The molecule has 28 heavy (non-hydrogen) atoms. The van der Waals surface area contributed by atoms with Gasteiger partial charge in [0.05, 0.1) is 11.6 Å². The quantitative estimate of drug-likeness (QED) is 0.681. The average molecular weight is 407 g/mol. The maximum absolute atomic E-state index is 13.1. The number of ether oxygens (including phenoxy) is 2. The second-order valence-corrected chi connectivity index (χ2v) is 7.85. The highest BCUT2D eigenvalue weighted by atomic mass is 35.5. The summed E-state index contributed by atoms with van der Waals surface area (Å²) in [5.74, 6) is 0.0648. The van der Waals surface area contributed by atoms with E-state index in [1.54, 1.807) is 13.3 Å². The summed E-state index contributed by atoms with van der Waals surface area (Å²) in [6.07, 6.45) is 6.39. The van der Waals surface area contributed by atoms with E-state index in [1.165, 1.54) is 0 Å². The number of halogens is 1. The molecule has 1 unspecified atom stereocenters. The first-order chi connectivity index (χ1) is 13.7. The zero-order valence-corrected chi connectivity index (χ0v) is 17.0. The molecule has 2 aliphatic rings. The maximum Gasteiger partial charge on any atom is 0.253 e. The molecule has 2 aromatic heterocycles. The lowest BCUT2D eigenvalue weighted by atomic mass is 10.2. The molecule has 1 aliphatic heterocycles. The van der Waals surface area contributed by atoms with Gasteiger partial charge in [0.25, 0.3) is 5.91 Å². The van der Waals surface area contributed by atoms with E-state index in [2.05, 4.69) is 21.1 Å². The van der Waals surface area contributed by atoms with Crippen LogP contribution in [0.5, 0.6) is 0 Å². The molecule has 1 saturated carbocycles. The molecule has 0 radical (unpaired) electrons. The maximum atomic E-state index is 13.1. The molecular formula is C20H27ClN4O3. The van der Waals surface area contributed by atoms with Crippen LogP contribution in [-0.4, -0.2) is 65.9 Å². The number of nitrogens with zero attached hydrogens (tertiary/aromatic N) is 3. The molecule has 7 nitrogen and oxygen atoms in total. The van der Waals surface area contributed by atoms with Crippen molar-refractivity contribution in [1.82, 2.24) is 19.8 Å². The highest BCUT2D eigenvalue weighted by Crippen LogP contribution is 2.33. The third-order valence-electron chi connectivity index (χ3n) is 5.35. The van der Waals surface area contributed by atoms with Crippen LogP contribution in [0.2, 0.25) is 5.02 Å². The minimum absolute atomic E-state index is 0.0648. The first-order valence-corrected chi connectivity index (χ1v) is 10.3. The molecule has 4 rings (SSSR count). The molecule has 2 fully saturated rings. The van der Waals surface area contributed by atoms with Crippen LogP contribution in [0.3, 0.4) is 0 Å². The van der Waals surface area contributed by atoms with Gasteiger partial charge in [0.15, 0.2) is 0 Å². The predicted octanol–water partition coefficient (Wildman–Crippen LogP) is 2.21. The minimum Gasteiger partial charge on any atom is -0.385 e. The zero-order chi connectivity index (χ0) is 19.5. The zero-order valence-electron chi connectivity index (χ0n) is 16.2. The van der Waals surface area contributed by atoms with Crippen LogP contribution in [0.15, 0.2) is 18.5 Å². The normalized spacial score (nSPS) is 19.9. The molecular weight excluding hydrogens is 380 g/mol. The average Bonchev–Trinajstić information content (AvgIpc) is 3.50. The molecule has 1 saturated heterocycles. The fraction of sp³-hybridized carbons (Fsp3) is 0.600. The highest BCUT2D eigenvalue weighted by molar-refractivity contribution is 6.35. The molecule has 8 heteroatoms. The molecule has 0 bridgehead atoms. The van der Waals surface area contributed by atoms with Gasteiger partial charge in [-0.05, 0) is 25.3 Å². The fourth-order valence-corrected chi connectivity index (χ4v) is 4.05. The second kappa shape index (κ2) is 8.78. The number of aromatic nitrogens is 2. The highest BCUT2D eigenvalue weighted by Gasteiger charge is 2.37. The van der Waals surface area contributed by atoms with Gasteiger partial charge in [0.1, 0.15) is 11.8 Å². The SMILES string of the molecule is COCCCn1cc(CN(C(=O)C2CNCCO2)C2CC2)c2c(Cl)ccnc21. The number of carbonyl (C=O) groups is 1. The second-order valence-electron chi connectivity index (χ2n) is 7.45. The summed E-state index contributed by atoms with van der Waals surface area (Å²) >= 11 is 6.53. The number of hydrogen-bond donors (Lipinski definition) is 1. The predicted molar refractivity (Wildman–Crippen MR) is 107 cm³/mol. The Balaban J connectivity index is 1.60. The number of methoxy groups -OCH3 is 1. The van der Waals surface area contributed by atoms with E-state index in [4.69, 9.17) is 21.1 Å². The van der Waals surface area contributed by atoms with E-state index in [0.29, 0.717) is 37.4 Å². The summed E-state index contributed by atoms with van der Waals surface area (Å²) in [6.45, 7) is 3.96. The number of nitrogens with one attached hydrogen (secondary N) is 1. The van der Waals surface area contributed by atoms with E-state index in [0.717, 1.165) is 48.9 Å². The van der Waals surface area contributed by atoms with Crippen LogP contribution in [0.4, 0.5) is 0 Å². The van der Waals surface area contributed by atoms with Gasteiger partial charge in [0, 0.05) is 69.3 Å². The number of amides is 1. The number of aryl methyl sites for hydroxylation is 1. The lowest BCUT2D eigenvalue weighted by Gasteiger charge is -2.30. The van der Waals surface area contributed by atoms with Crippen LogP contribution in [0.1, 0.15) is 24.8 Å². The summed E-state index contributed by atoms with van der Waals surface area (Å²) in [5, 5.41) is 4.85. The van der Waals surface area contributed by atoms with Crippen molar-refractivity contribution >= 4 is 28.5 Å². The van der Waals surface area contributed by atoms with Gasteiger partial charge in [0.2, 0.25) is 0 Å². The van der Waals surface area contributed by atoms with Gasteiger partial charge < -0.3 is 24.3 Å². The van der Waals surface area contributed by atoms with E-state index in [9.17, 15) is 4.79 Å². The molecule has 3 heterocycles. The molecule has 1 aliphatic carbocycles. The van der Waals surface area contributed by atoms with Crippen molar-refractivity contribution in [3.63, 3.8) is 0 Å². The van der Waals surface area contributed by atoms with Crippen LogP contribution in [0, 0.1) is 0 Å². The third kappa shape index (κ3) is 4.17. The van der Waals surface area contributed by atoms with Crippen molar-refractivity contribution in [2.24, 2.45) is 0 Å². The van der Waals surface area contributed by atoms with E-state index >= 15 is 0 Å². The number of hydrogen-bond acceptors (Lipinski definition) is 5.